The summed E-state index contributed by atoms with van der Waals surface area (Å²) in [6.45, 7) is 5.13. The van der Waals surface area contributed by atoms with Gasteiger partial charge in [-0.3, -0.25) is 9.59 Å². The van der Waals surface area contributed by atoms with E-state index in [2.05, 4.69) is 12.0 Å². The molecule has 4 rings (SSSR count). The Bertz CT molecular complexity index is 911. The number of nitrogens with two attached hydrogens (primary N) is 1. The smallest absolute Gasteiger partial charge is 0.308 e. The van der Waals surface area contributed by atoms with Crippen molar-refractivity contribution in [1.29, 1.82) is 0 Å². The number of methoxy groups -OCH3 is 1. The summed E-state index contributed by atoms with van der Waals surface area (Å²) in [5, 5.41) is 4.11. The Balaban J connectivity index is 1.73. The molecule has 7 nitrogen and oxygen atoms in total. The zero-order valence-corrected chi connectivity index (χ0v) is 18.1. The largest absolute Gasteiger partial charge is 0.493 e. The maximum absolute atomic E-state index is 11.6. The second-order valence-corrected chi connectivity index (χ2v) is 9.06. The van der Waals surface area contributed by atoms with Crippen LogP contribution in [0, 0.1) is 17.3 Å². The van der Waals surface area contributed by atoms with Crippen LogP contribution in [0.3, 0.4) is 0 Å². The highest BCUT2D eigenvalue weighted by atomic mass is 16.6. The first-order valence-electron chi connectivity index (χ1n) is 10.6. The number of carbonyl (C=O) groups excluding carboxylic acids is 2. The van der Waals surface area contributed by atoms with Crippen molar-refractivity contribution >= 4 is 17.7 Å². The SMILES string of the molecule is COc1cc2c(cc1OC(C)=O)/C(=N/N)C[C@@H]1[C@@H]2CC[C@]2(C)[C@@H](OC(C)=O)CC[C@@H]12. The lowest BCUT2D eigenvalue weighted by Gasteiger charge is -2.50. The summed E-state index contributed by atoms with van der Waals surface area (Å²) >= 11 is 0. The predicted molar refractivity (Wildman–Crippen MR) is 111 cm³/mol. The molecule has 5 atom stereocenters. The van der Waals surface area contributed by atoms with Crippen LogP contribution in [0.25, 0.3) is 0 Å². The monoisotopic (exact) mass is 414 g/mol. The Morgan fingerprint density at radius 1 is 1.13 bits per heavy atom. The Labute approximate surface area is 176 Å². The summed E-state index contributed by atoms with van der Waals surface area (Å²) in [7, 11) is 1.57. The van der Waals surface area contributed by atoms with Gasteiger partial charge < -0.3 is 20.1 Å². The van der Waals surface area contributed by atoms with E-state index in [1.54, 1.807) is 7.11 Å². The molecule has 3 aliphatic rings. The van der Waals surface area contributed by atoms with Gasteiger partial charge in [-0.1, -0.05) is 6.92 Å². The molecule has 0 radical (unpaired) electrons. The highest BCUT2D eigenvalue weighted by molar-refractivity contribution is 6.04. The van der Waals surface area contributed by atoms with Gasteiger partial charge in [0, 0.05) is 24.8 Å². The van der Waals surface area contributed by atoms with Gasteiger partial charge in [-0.25, -0.2) is 0 Å². The Hall–Kier alpha value is -2.57. The Morgan fingerprint density at radius 3 is 2.53 bits per heavy atom. The molecular weight excluding hydrogens is 384 g/mol. The van der Waals surface area contributed by atoms with Crippen molar-refractivity contribution in [2.75, 3.05) is 7.11 Å². The summed E-state index contributed by atoms with van der Waals surface area (Å²) < 4.78 is 16.6. The third-order valence-electron chi connectivity index (χ3n) is 7.54. The fraction of sp³-hybridized carbons (Fsp3) is 0.609. The van der Waals surface area contributed by atoms with Crippen LogP contribution in [-0.4, -0.2) is 30.9 Å². The summed E-state index contributed by atoms with van der Waals surface area (Å²) in [5.41, 5.74) is 2.89. The number of nitrogens with zero attached hydrogens (tertiary/aromatic N) is 1. The number of rotatable bonds is 3. The number of esters is 2. The van der Waals surface area contributed by atoms with Crippen molar-refractivity contribution in [3.05, 3.63) is 23.3 Å². The van der Waals surface area contributed by atoms with Crippen LogP contribution in [0.2, 0.25) is 0 Å². The van der Waals surface area contributed by atoms with E-state index in [0.29, 0.717) is 29.3 Å². The molecule has 2 N–H and O–H groups in total. The minimum Gasteiger partial charge on any atom is -0.493 e. The van der Waals surface area contributed by atoms with Crippen LogP contribution in [0.4, 0.5) is 0 Å². The maximum atomic E-state index is 11.6. The second-order valence-electron chi connectivity index (χ2n) is 9.06. The molecule has 1 aromatic rings. The zero-order valence-electron chi connectivity index (χ0n) is 18.1. The molecule has 0 amide bonds. The fourth-order valence-electron chi connectivity index (χ4n) is 6.29. The topological polar surface area (TPSA) is 100 Å². The van der Waals surface area contributed by atoms with Crippen LogP contribution >= 0.6 is 0 Å². The van der Waals surface area contributed by atoms with Gasteiger partial charge in [0.2, 0.25) is 0 Å². The molecule has 0 aliphatic heterocycles. The Kier molecular flexibility index (Phi) is 5.24. The minimum absolute atomic E-state index is 0.0220. The average molecular weight is 415 g/mol. The highest BCUT2D eigenvalue weighted by Crippen LogP contribution is 2.62. The van der Waals surface area contributed by atoms with Crippen LogP contribution in [0.15, 0.2) is 17.2 Å². The second kappa shape index (κ2) is 7.60. The molecule has 0 aromatic heterocycles. The molecule has 1 aromatic carbocycles. The maximum Gasteiger partial charge on any atom is 0.308 e. The van der Waals surface area contributed by atoms with Gasteiger partial charge in [0.1, 0.15) is 6.10 Å². The molecule has 30 heavy (non-hydrogen) atoms. The fourth-order valence-corrected chi connectivity index (χ4v) is 6.29. The number of benzene rings is 1. The van der Waals surface area contributed by atoms with Crippen molar-refractivity contribution in [3.63, 3.8) is 0 Å². The number of hydrogen-bond donors (Lipinski definition) is 1. The highest BCUT2D eigenvalue weighted by Gasteiger charge is 2.56. The molecule has 0 saturated heterocycles. The Morgan fingerprint density at radius 2 is 1.90 bits per heavy atom. The minimum atomic E-state index is -0.399. The lowest BCUT2D eigenvalue weighted by atomic mass is 9.55. The van der Waals surface area contributed by atoms with Crippen molar-refractivity contribution in [2.45, 2.75) is 64.9 Å². The molecule has 0 unspecified atom stereocenters. The van der Waals surface area contributed by atoms with Gasteiger partial charge in [-0.05, 0) is 67.6 Å². The molecule has 0 heterocycles. The summed E-state index contributed by atoms with van der Waals surface area (Å²) in [4.78, 5) is 23.2. The first-order chi connectivity index (χ1) is 14.3. The van der Waals surface area contributed by atoms with Crippen LogP contribution in [0.1, 0.15) is 69.9 Å². The van der Waals surface area contributed by atoms with E-state index >= 15 is 0 Å². The van der Waals surface area contributed by atoms with E-state index in [1.165, 1.54) is 13.8 Å². The van der Waals surface area contributed by atoms with E-state index in [4.69, 9.17) is 20.1 Å². The first kappa shape index (κ1) is 20.7. The van der Waals surface area contributed by atoms with E-state index in [1.807, 2.05) is 12.1 Å². The first-order valence-corrected chi connectivity index (χ1v) is 10.6. The van der Waals surface area contributed by atoms with Crippen molar-refractivity contribution in [1.82, 2.24) is 0 Å². The van der Waals surface area contributed by atoms with E-state index < -0.39 is 5.97 Å². The van der Waals surface area contributed by atoms with Crippen molar-refractivity contribution in [3.8, 4) is 11.5 Å². The lowest BCUT2D eigenvalue weighted by Crippen LogP contribution is -2.46. The molecule has 162 valence electrons. The third-order valence-corrected chi connectivity index (χ3v) is 7.54. The van der Waals surface area contributed by atoms with Gasteiger partial charge in [-0.15, -0.1) is 0 Å². The molecule has 3 aliphatic carbocycles. The molecular formula is C23H30N2O5. The molecule has 2 fully saturated rings. The summed E-state index contributed by atoms with van der Waals surface area (Å²) in [5.74, 6) is 7.29. The number of carbonyl (C=O) groups is 2. The quantitative estimate of drug-likeness (QED) is 0.351. The van der Waals surface area contributed by atoms with Crippen molar-refractivity contribution < 1.29 is 23.8 Å². The van der Waals surface area contributed by atoms with Gasteiger partial charge in [0.25, 0.3) is 0 Å². The molecule has 0 bridgehead atoms. The molecule has 0 spiro atoms. The van der Waals surface area contributed by atoms with Gasteiger partial charge in [0.15, 0.2) is 11.5 Å². The van der Waals surface area contributed by atoms with E-state index in [0.717, 1.165) is 48.9 Å². The van der Waals surface area contributed by atoms with Crippen LogP contribution in [0.5, 0.6) is 11.5 Å². The predicted octanol–water partition coefficient (Wildman–Crippen LogP) is 3.53. The van der Waals surface area contributed by atoms with E-state index in [9.17, 15) is 9.59 Å². The number of hydrazone groups is 1. The van der Waals surface area contributed by atoms with Crippen molar-refractivity contribution in [2.24, 2.45) is 28.2 Å². The van der Waals surface area contributed by atoms with Gasteiger partial charge >= 0.3 is 11.9 Å². The summed E-state index contributed by atoms with van der Waals surface area (Å²) in [6, 6.07) is 3.82. The number of hydrogen-bond acceptors (Lipinski definition) is 7. The van der Waals surface area contributed by atoms with Gasteiger partial charge in [0.05, 0.1) is 12.8 Å². The van der Waals surface area contributed by atoms with E-state index in [-0.39, 0.29) is 17.5 Å². The number of ether oxygens (including phenoxy) is 3. The zero-order chi connectivity index (χ0) is 21.6. The normalized spacial score (nSPS) is 33.3. The van der Waals surface area contributed by atoms with Crippen LogP contribution < -0.4 is 15.3 Å². The molecule has 7 heteroatoms. The number of fused-ring (bicyclic) bond motifs is 5. The molecule has 2 saturated carbocycles. The van der Waals surface area contributed by atoms with Crippen LogP contribution in [-0.2, 0) is 14.3 Å². The summed E-state index contributed by atoms with van der Waals surface area (Å²) in [6.07, 6.45) is 4.68. The van der Waals surface area contributed by atoms with Gasteiger partial charge in [-0.2, -0.15) is 5.10 Å². The lowest BCUT2D eigenvalue weighted by molar-refractivity contribution is -0.154. The average Bonchev–Trinajstić information content (AvgIpc) is 3.02. The third kappa shape index (κ3) is 3.24. The standard InChI is InChI=1S/C23H30N2O5/c1-12(26)29-21-11-17-15(10-20(21)28-4)14-7-8-23(3)18(16(14)9-19(17)25-24)5-6-22(23)30-13(2)27/h10-11,14,16,18,22H,5-9,24H2,1-4H3/b25-19+/t14-,16-,18+,22+,23+/m1/s1.